The summed E-state index contributed by atoms with van der Waals surface area (Å²) in [6.07, 6.45) is 0.825. The van der Waals surface area contributed by atoms with Crippen molar-refractivity contribution in [3.05, 3.63) is 70.0 Å². The first-order valence-electron chi connectivity index (χ1n) is 6.62. The summed E-state index contributed by atoms with van der Waals surface area (Å²) >= 11 is 5.78. The van der Waals surface area contributed by atoms with Crippen LogP contribution >= 0.6 is 11.6 Å². The van der Waals surface area contributed by atoms with Crippen molar-refractivity contribution in [3.63, 3.8) is 0 Å². The Morgan fingerprint density at radius 2 is 1.81 bits per heavy atom. The molecule has 0 aliphatic rings. The molecule has 0 unspecified atom stereocenters. The Balaban J connectivity index is 1.99. The highest BCUT2D eigenvalue weighted by Gasteiger charge is 2.12. The van der Waals surface area contributed by atoms with Gasteiger partial charge in [-0.2, -0.15) is 0 Å². The van der Waals surface area contributed by atoms with Gasteiger partial charge in [0.05, 0.1) is 10.6 Å². The Kier molecular flexibility index (Phi) is 5.31. The van der Waals surface area contributed by atoms with Crippen LogP contribution in [0.2, 0.25) is 5.02 Å². The summed E-state index contributed by atoms with van der Waals surface area (Å²) in [5.74, 6) is -0.999. The predicted octanol–water partition coefficient (Wildman–Crippen LogP) is 2.91. The molecule has 0 spiro atoms. The van der Waals surface area contributed by atoms with Crippen molar-refractivity contribution < 1.29 is 9.18 Å². The van der Waals surface area contributed by atoms with E-state index < -0.39 is 11.7 Å². The van der Waals surface area contributed by atoms with E-state index in [0.717, 1.165) is 17.5 Å². The van der Waals surface area contributed by atoms with Gasteiger partial charge in [-0.3, -0.25) is 4.79 Å². The lowest BCUT2D eigenvalue weighted by atomic mass is 10.1. The molecule has 110 valence electrons. The number of rotatable bonds is 5. The SMILES string of the molecule is NCCc1ccc(CNC(=O)c2cccc(F)c2Cl)cc1. The van der Waals surface area contributed by atoms with Crippen LogP contribution in [0.1, 0.15) is 21.5 Å². The number of nitrogens with one attached hydrogen (secondary N) is 1. The molecule has 2 aromatic rings. The fourth-order valence-corrected chi connectivity index (χ4v) is 2.16. The average Bonchev–Trinajstić information content (AvgIpc) is 2.49. The molecule has 0 heterocycles. The van der Waals surface area contributed by atoms with E-state index in [0.29, 0.717) is 13.1 Å². The lowest BCUT2D eigenvalue weighted by molar-refractivity contribution is 0.0950. The summed E-state index contributed by atoms with van der Waals surface area (Å²) < 4.78 is 13.3. The van der Waals surface area contributed by atoms with Crippen molar-refractivity contribution in [2.75, 3.05) is 6.54 Å². The first-order chi connectivity index (χ1) is 10.1. The van der Waals surface area contributed by atoms with Crippen molar-refractivity contribution in [1.29, 1.82) is 0 Å². The molecule has 0 saturated carbocycles. The molecule has 3 N–H and O–H groups in total. The van der Waals surface area contributed by atoms with Crippen LogP contribution in [0, 0.1) is 5.82 Å². The quantitative estimate of drug-likeness (QED) is 0.892. The van der Waals surface area contributed by atoms with Gasteiger partial charge in [-0.25, -0.2) is 4.39 Å². The Labute approximate surface area is 127 Å². The van der Waals surface area contributed by atoms with E-state index in [1.807, 2.05) is 24.3 Å². The summed E-state index contributed by atoms with van der Waals surface area (Å²) in [6.45, 7) is 0.961. The molecular formula is C16H16ClFN2O. The third-order valence-electron chi connectivity index (χ3n) is 3.11. The van der Waals surface area contributed by atoms with E-state index in [4.69, 9.17) is 17.3 Å². The number of amides is 1. The number of halogens is 2. The molecule has 0 radical (unpaired) electrons. The largest absolute Gasteiger partial charge is 0.348 e. The van der Waals surface area contributed by atoms with Gasteiger partial charge in [0.25, 0.3) is 5.91 Å². The molecule has 0 aliphatic heterocycles. The molecule has 1 amide bonds. The summed E-state index contributed by atoms with van der Waals surface area (Å²) in [4.78, 5) is 12.0. The van der Waals surface area contributed by atoms with E-state index in [1.54, 1.807) is 0 Å². The highest BCUT2D eigenvalue weighted by molar-refractivity contribution is 6.34. The molecule has 0 aliphatic carbocycles. The van der Waals surface area contributed by atoms with Gasteiger partial charge in [0, 0.05) is 6.54 Å². The minimum absolute atomic E-state index is 0.136. The Hall–Kier alpha value is -1.91. The molecule has 0 bridgehead atoms. The van der Waals surface area contributed by atoms with E-state index in [-0.39, 0.29) is 10.6 Å². The van der Waals surface area contributed by atoms with E-state index in [1.165, 1.54) is 18.2 Å². The van der Waals surface area contributed by atoms with Crippen LogP contribution in [0.5, 0.6) is 0 Å². The van der Waals surface area contributed by atoms with E-state index >= 15 is 0 Å². The molecule has 21 heavy (non-hydrogen) atoms. The number of hydrogen-bond acceptors (Lipinski definition) is 2. The molecular weight excluding hydrogens is 291 g/mol. The second-order valence-electron chi connectivity index (χ2n) is 4.64. The van der Waals surface area contributed by atoms with Gasteiger partial charge < -0.3 is 11.1 Å². The summed E-state index contributed by atoms with van der Waals surface area (Å²) in [6, 6.07) is 12.0. The van der Waals surface area contributed by atoms with Crippen LogP contribution in [0.25, 0.3) is 0 Å². The van der Waals surface area contributed by atoms with E-state index in [9.17, 15) is 9.18 Å². The van der Waals surface area contributed by atoms with Gasteiger partial charge in [0.1, 0.15) is 5.82 Å². The molecule has 5 heteroatoms. The van der Waals surface area contributed by atoms with Crippen LogP contribution in [0.4, 0.5) is 4.39 Å². The highest BCUT2D eigenvalue weighted by atomic mass is 35.5. The zero-order valence-corrected chi connectivity index (χ0v) is 12.2. The van der Waals surface area contributed by atoms with Crippen LogP contribution in [-0.2, 0) is 13.0 Å². The Morgan fingerprint density at radius 1 is 1.14 bits per heavy atom. The number of carbonyl (C=O) groups is 1. The van der Waals surface area contributed by atoms with Gasteiger partial charge in [0.15, 0.2) is 0 Å². The maximum Gasteiger partial charge on any atom is 0.253 e. The van der Waals surface area contributed by atoms with Gasteiger partial charge in [-0.1, -0.05) is 41.9 Å². The first kappa shape index (κ1) is 15.5. The van der Waals surface area contributed by atoms with Crippen molar-refractivity contribution >= 4 is 17.5 Å². The summed E-state index contributed by atoms with van der Waals surface area (Å²) in [5.41, 5.74) is 7.73. The Bertz CT molecular complexity index is 629. The first-order valence-corrected chi connectivity index (χ1v) is 6.99. The van der Waals surface area contributed by atoms with Gasteiger partial charge >= 0.3 is 0 Å². The van der Waals surface area contributed by atoms with Crippen LogP contribution in [0.3, 0.4) is 0 Å². The number of hydrogen-bond donors (Lipinski definition) is 2. The van der Waals surface area contributed by atoms with Gasteiger partial charge in [-0.15, -0.1) is 0 Å². The van der Waals surface area contributed by atoms with Gasteiger partial charge in [0.2, 0.25) is 0 Å². The highest BCUT2D eigenvalue weighted by Crippen LogP contribution is 2.19. The maximum absolute atomic E-state index is 13.3. The maximum atomic E-state index is 13.3. The lowest BCUT2D eigenvalue weighted by Crippen LogP contribution is -2.23. The van der Waals surface area contributed by atoms with Crippen molar-refractivity contribution in [3.8, 4) is 0 Å². The lowest BCUT2D eigenvalue weighted by Gasteiger charge is -2.08. The third kappa shape index (κ3) is 4.03. The molecule has 0 atom stereocenters. The standard InChI is InChI=1S/C16H16ClFN2O/c17-15-13(2-1-3-14(15)18)16(21)20-10-12-6-4-11(5-7-12)8-9-19/h1-7H,8-10,19H2,(H,20,21). The third-order valence-corrected chi connectivity index (χ3v) is 3.49. The normalized spacial score (nSPS) is 10.4. The van der Waals surface area contributed by atoms with E-state index in [2.05, 4.69) is 5.32 Å². The number of nitrogens with two attached hydrogens (primary N) is 1. The van der Waals surface area contributed by atoms with Crippen LogP contribution in [0.15, 0.2) is 42.5 Å². The monoisotopic (exact) mass is 306 g/mol. The predicted molar refractivity (Wildman–Crippen MR) is 81.8 cm³/mol. The zero-order chi connectivity index (χ0) is 15.2. The molecule has 0 saturated heterocycles. The number of benzene rings is 2. The molecule has 2 aromatic carbocycles. The summed E-state index contributed by atoms with van der Waals surface area (Å²) in [5, 5.41) is 2.56. The fourth-order valence-electron chi connectivity index (χ4n) is 1.95. The molecule has 0 aromatic heterocycles. The van der Waals surface area contributed by atoms with Crippen LogP contribution < -0.4 is 11.1 Å². The van der Waals surface area contributed by atoms with Gasteiger partial charge in [-0.05, 0) is 36.2 Å². The number of carbonyl (C=O) groups excluding carboxylic acids is 1. The fraction of sp³-hybridized carbons (Fsp3) is 0.188. The topological polar surface area (TPSA) is 55.1 Å². The molecule has 3 nitrogen and oxygen atoms in total. The smallest absolute Gasteiger partial charge is 0.253 e. The van der Waals surface area contributed by atoms with Crippen molar-refractivity contribution in [2.24, 2.45) is 5.73 Å². The second kappa shape index (κ2) is 7.20. The van der Waals surface area contributed by atoms with Crippen molar-refractivity contribution in [2.45, 2.75) is 13.0 Å². The minimum atomic E-state index is -0.601. The minimum Gasteiger partial charge on any atom is -0.348 e. The molecule has 2 rings (SSSR count). The van der Waals surface area contributed by atoms with Crippen molar-refractivity contribution in [1.82, 2.24) is 5.32 Å². The second-order valence-corrected chi connectivity index (χ2v) is 5.02. The van der Waals surface area contributed by atoms with Crippen LogP contribution in [-0.4, -0.2) is 12.5 Å². The zero-order valence-electron chi connectivity index (χ0n) is 11.4. The Morgan fingerprint density at radius 3 is 2.48 bits per heavy atom. The average molecular weight is 307 g/mol. The summed E-state index contributed by atoms with van der Waals surface area (Å²) in [7, 11) is 0. The molecule has 0 fully saturated rings.